The van der Waals surface area contributed by atoms with Gasteiger partial charge in [0.2, 0.25) is 0 Å². The zero-order chi connectivity index (χ0) is 23.2. The minimum absolute atomic E-state index is 0.0616. The first kappa shape index (κ1) is 21.2. The predicted molar refractivity (Wildman–Crippen MR) is 139 cm³/mol. The summed E-state index contributed by atoms with van der Waals surface area (Å²) in [6.45, 7) is 4.79. The van der Waals surface area contributed by atoms with Crippen LogP contribution in [0.4, 0.5) is 10.5 Å². The molecule has 1 atom stereocenters. The second kappa shape index (κ2) is 8.48. The number of benzene rings is 2. The van der Waals surface area contributed by atoms with E-state index in [4.69, 9.17) is 0 Å². The Balaban J connectivity index is 1.48. The maximum absolute atomic E-state index is 13.9. The number of nitrogens with one attached hydrogen (secondary N) is 1. The number of carbonyl (C=O) groups is 1. The Bertz CT molecular complexity index is 1370. The summed E-state index contributed by atoms with van der Waals surface area (Å²) in [6.07, 6.45) is 6.91. The highest BCUT2D eigenvalue weighted by Crippen LogP contribution is 2.44. The van der Waals surface area contributed by atoms with Crippen LogP contribution in [-0.4, -0.2) is 15.5 Å². The Morgan fingerprint density at radius 3 is 2.59 bits per heavy atom. The maximum Gasteiger partial charge on any atom is 0.322 e. The van der Waals surface area contributed by atoms with Gasteiger partial charge in [0.05, 0.1) is 18.3 Å². The second-order valence-electron chi connectivity index (χ2n) is 9.47. The van der Waals surface area contributed by atoms with Crippen LogP contribution in [0.2, 0.25) is 0 Å². The first-order valence-electron chi connectivity index (χ1n) is 12.1. The van der Waals surface area contributed by atoms with Gasteiger partial charge in [0.1, 0.15) is 5.00 Å². The number of rotatable bonds is 2. The van der Waals surface area contributed by atoms with E-state index in [1.807, 2.05) is 28.4 Å². The summed E-state index contributed by atoms with van der Waals surface area (Å²) in [6, 6.07) is 20.6. The third-order valence-corrected chi connectivity index (χ3v) is 8.65. The van der Waals surface area contributed by atoms with Crippen molar-refractivity contribution < 1.29 is 4.79 Å². The van der Waals surface area contributed by atoms with E-state index in [9.17, 15) is 4.79 Å². The zero-order valence-corrected chi connectivity index (χ0v) is 20.5. The number of anilines is 1. The number of nitrogens with zero attached hydrogens (tertiary/aromatic N) is 2. The molecule has 0 saturated carbocycles. The molecule has 0 saturated heterocycles. The first-order valence-corrected chi connectivity index (χ1v) is 12.9. The molecule has 4 nitrogen and oxygen atoms in total. The van der Waals surface area contributed by atoms with Crippen LogP contribution in [0.1, 0.15) is 57.3 Å². The maximum atomic E-state index is 13.9. The lowest BCUT2D eigenvalue weighted by atomic mass is 9.95. The molecule has 34 heavy (non-hydrogen) atoms. The van der Waals surface area contributed by atoms with Crippen LogP contribution in [0.5, 0.6) is 0 Å². The normalized spacial score (nSPS) is 16.9. The Kier molecular flexibility index (Phi) is 5.30. The van der Waals surface area contributed by atoms with Crippen LogP contribution in [0.3, 0.4) is 0 Å². The lowest BCUT2D eigenvalue weighted by molar-refractivity contribution is 0.194. The number of amides is 2. The molecule has 0 radical (unpaired) electrons. The van der Waals surface area contributed by atoms with Gasteiger partial charge in [-0.2, -0.15) is 0 Å². The van der Waals surface area contributed by atoms with E-state index in [1.54, 1.807) is 0 Å². The van der Waals surface area contributed by atoms with Crippen LogP contribution in [-0.2, 0) is 19.4 Å². The summed E-state index contributed by atoms with van der Waals surface area (Å²) >= 11 is 1.92. The molecule has 2 amide bonds. The molecule has 0 bridgehead atoms. The zero-order valence-electron chi connectivity index (χ0n) is 19.7. The highest BCUT2D eigenvalue weighted by atomic mass is 32.1. The van der Waals surface area contributed by atoms with E-state index < -0.39 is 0 Å². The molecule has 1 aliphatic heterocycles. The molecule has 1 aliphatic carbocycles. The SMILES string of the molecule is Cc1ccc(NC(=O)N2Cc3c(sc4c3CCCC4)-n3cccc3[C@@H]2c2ccccc2)cc1C. The Morgan fingerprint density at radius 1 is 0.941 bits per heavy atom. The summed E-state index contributed by atoms with van der Waals surface area (Å²) in [5.74, 6) is 0. The number of aryl methyl sites for hydroxylation is 3. The minimum Gasteiger partial charge on any atom is -0.310 e. The molecule has 4 aromatic rings. The van der Waals surface area contributed by atoms with Gasteiger partial charge in [-0.3, -0.25) is 0 Å². The third kappa shape index (κ3) is 3.55. The highest BCUT2D eigenvalue weighted by Gasteiger charge is 2.36. The van der Waals surface area contributed by atoms with E-state index >= 15 is 0 Å². The van der Waals surface area contributed by atoms with Gasteiger partial charge in [-0.15, -0.1) is 11.3 Å². The van der Waals surface area contributed by atoms with Crippen LogP contribution < -0.4 is 5.32 Å². The number of hydrogen-bond acceptors (Lipinski definition) is 2. The van der Waals surface area contributed by atoms with Crippen molar-refractivity contribution in [3.05, 3.63) is 105 Å². The first-order chi connectivity index (χ1) is 16.6. The second-order valence-corrected chi connectivity index (χ2v) is 10.6. The van der Waals surface area contributed by atoms with Gasteiger partial charge >= 0.3 is 6.03 Å². The Labute approximate surface area is 204 Å². The molecule has 0 unspecified atom stereocenters. The number of fused-ring (bicyclic) bond motifs is 5. The van der Waals surface area contributed by atoms with Crippen LogP contribution in [0.15, 0.2) is 66.9 Å². The van der Waals surface area contributed by atoms with Crippen molar-refractivity contribution in [2.24, 2.45) is 0 Å². The summed E-state index contributed by atoms with van der Waals surface area (Å²) in [7, 11) is 0. The van der Waals surface area contributed by atoms with Gasteiger partial charge in [-0.1, -0.05) is 36.4 Å². The fourth-order valence-electron chi connectivity index (χ4n) is 5.39. The highest BCUT2D eigenvalue weighted by molar-refractivity contribution is 7.15. The average Bonchev–Trinajstić information content (AvgIpc) is 3.44. The molecule has 2 aliphatic rings. The quantitative estimate of drug-likeness (QED) is 0.333. The van der Waals surface area contributed by atoms with Crippen molar-refractivity contribution in [1.29, 1.82) is 0 Å². The van der Waals surface area contributed by atoms with Gasteiger partial charge in [0, 0.05) is 22.3 Å². The lowest BCUT2D eigenvalue weighted by Crippen LogP contribution is -2.38. The number of carbonyl (C=O) groups excluding carboxylic acids is 1. The van der Waals surface area contributed by atoms with Crippen molar-refractivity contribution in [3.63, 3.8) is 0 Å². The van der Waals surface area contributed by atoms with Gasteiger partial charge in [0.15, 0.2) is 0 Å². The summed E-state index contributed by atoms with van der Waals surface area (Å²) in [4.78, 5) is 17.5. The smallest absolute Gasteiger partial charge is 0.310 e. The van der Waals surface area contributed by atoms with Crippen LogP contribution >= 0.6 is 11.3 Å². The van der Waals surface area contributed by atoms with E-state index in [0.717, 1.165) is 29.8 Å². The minimum atomic E-state index is -0.165. The molecule has 5 heteroatoms. The molecule has 0 spiro atoms. The average molecular weight is 468 g/mol. The van der Waals surface area contributed by atoms with Crippen molar-refractivity contribution in [2.45, 2.75) is 52.1 Å². The van der Waals surface area contributed by atoms with Gasteiger partial charge in [0.25, 0.3) is 0 Å². The largest absolute Gasteiger partial charge is 0.322 e. The molecule has 1 N–H and O–H groups in total. The van der Waals surface area contributed by atoms with E-state index in [1.165, 1.54) is 45.0 Å². The van der Waals surface area contributed by atoms with E-state index in [0.29, 0.717) is 6.54 Å². The van der Waals surface area contributed by atoms with Crippen LogP contribution in [0, 0.1) is 13.8 Å². The van der Waals surface area contributed by atoms with Crippen LogP contribution in [0.25, 0.3) is 5.00 Å². The summed E-state index contributed by atoms with van der Waals surface area (Å²) in [5.41, 5.74) is 8.31. The standard InChI is InChI=1S/C29H29N3OS/c1-19-14-15-22(17-20(19)2)30-29(33)32-18-24-23-11-6-7-13-26(23)34-28(24)31-16-8-12-25(31)27(32)21-9-4-3-5-10-21/h3-5,8-10,12,14-17,27H,6-7,11,13,18H2,1-2H3,(H,30,33)/t27-/m0/s1. The fraction of sp³-hybridized carbons (Fsp3) is 0.276. The number of aromatic nitrogens is 1. The lowest BCUT2D eigenvalue weighted by Gasteiger charge is -2.31. The molecular weight excluding hydrogens is 438 g/mol. The van der Waals surface area contributed by atoms with Crippen molar-refractivity contribution in [1.82, 2.24) is 9.47 Å². The van der Waals surface area contributed by atoms with E-state index in [2.05, 4.69) is 78.5 Å². The summed E-state index contributed by atoms with van der Waals surface area (Å²) < 4.78 is 2.33. The monoisotopic (exact) mass is 467 g/mol. The molecule has 172 valence electrons. The molecular formula is C29H29N3OS. The molecule has 0 fully saturated rings. The van der Waals surface area contributed by atoms with Crippen molar-refractivity contribution in [3.8, 4) is 5.00 Å². The molecule has 2 aromatic carbocycles. The number of urea groups is 1. The van der Waals surface area contributed by atoms with Gasteiger partial charge < -0.3 is 14.8 Å². The predicted octanol–water partition coefficient (Wildman–Crippen LogP) is 7.17. The van der Waals surface area contributed by atoms with Gasteiger partial charge in [-0.25, -0.2) is 4.79 Å². The molecule has 2 aromatic heterocycles. The topological polar surface area (TPSA) is 37.3 Å². The molecule has 3 heterocycles. The molecule has 6 rings (SSSR count). The number of hydrogen-bond donors (Lipinski definition) is 1. The van der Waals surface area contributed by atoms with Crippen molar-refractivity contribution >= 4 is 23.1 Å². The Morgan fingerprint density at radius 2 is 1.76 bits per heavy atom. The van der Waals surface area contributed by atoms with Gasteiger partial charge in [-0.05, 0) is 86.1 Å². The Hall–Kier alpha value is -3.31. The number of thiophene rings is 1. The van der Waals surface area contributed by atoms with Crippen molar-refractivity contribution in [2.75, 3.05) is 5.32 Å². The summed E-state index contributed by atoms with van der Waals surface area (Å²) in [5, 5.41) is 4.50. The van der Waals surface area contributed by atoms with E-state index in [-0.39, 0.29) is 12.1 Å². The third-order valence-electron chi connectivity index (χ3n) is 7.31. The fourth-order valence-corrected chi connectivity index (χ4v) is 6.79.